The first-order chi connectivity index (χ1) is 11.5. The molecule has 0 saturated carbocycles. The highest BCUT2D eigenvalue weighted by atomic mass is 35.5. The minimum Gasteiger partial charge on any atom is -0.334 e. The number of nitrogens with zero attached hydrogens (tertiary/aromatic N) is 2. The zero-order chi connectivity index (χ0) is 17.1. The smallest absolute Gasteiger partial charge is 0.274 e. The molecule has 1 N–H and O–H groups in total. The van der Waals surface area contributed by atoms with Gasteiger partial charge in [-0.1, -0.05) is 43.6 Å². The Morgan fingerprint density at radius 3 is 2.96 bits per heavy atom. The van der Waals surface area contributed by atoms with Crippen LogP contribution in [-0.4, -0.2) is 33.6 Å². The van der Waals surface area contributed by atoms with Crippen molar-refractivity contribution >= 4 is 17.5 Å². The first-order valence-electron chi connectivity index (χ1n) is 8.63. The van der Waals surface area contributed by atoms with E-state index < -0.39 is 0 Å². The summed E-state index contributed by atoms with van der Waals surface area (Å²) in [4.78, 5) is 14.8. The Morgan fingerprint density at radius 2 is 2.21 bits per heavy atom. The number of carbonyl (C=O) groups excluding carboxylic acids is 1. The number of hydrogen-bond acceptors (Lipinski definition) is 2. The summed E-state index contributed by atoms with van der Waals surface area (Å²) in [7, 11) is 0. The monoisotopic (exact) mass is 345 g/mol. The Labute approximate surface area is 148 Å². The molecule has 4 nitrogen and oxygen atoms in total. The van der Waals surface area contributed by atoms with Crippen LogP contribution in [0.5, 0.6) is 0 Å². The number of benzene rings is 1. The molecule has 1 fully saturated rings. The molecule has 0 aliphatic carbocycles. The van der Waals surface area contributed by atoms with E-state index in [4.69, 9.17) is 11.6 Å². The summed E-state index contributed by atoms with van der Waals surface area (Å²) in [6.45, 7) is 5.10. The summed E-state index contributed by atoms with van der Waals surface area (Å²) >= 11 is 6.28. The third kappa shape index (κ3) is 3.81. The van der Waals surface area contributed by atoms with E-state index >= 15 is 0 Å². The van der Waals surface area contributed by atoms with Gasteiger partial charge in [-0.15, -0.1) is 0 Å². The van der Waals surface area contributed by atoms with E-state index in [2.05, 4.69) is 24.0 Å². The molecule has 1 aromatic heterocycles. The fraction of sp³-hybridized carbons (Fsp3) is 0.474. The van der Waals surface area contributed by atoms with Gasteiger partial charge in [-0.05, 0) is 49.3 Å². The molecule has 2 heterocycles. The van der Waals surface area contributed by atoms with Crippen molar-refractivity contribution in [1.29, 1.82) is 0 Å². The maximum Gasteiger partial charge on any atom is 0.274 e. The van der Waals surface area contributed by atoms with Gasteiger partial charge in [0.15, 0.2) is 0 Å². The molecule has 1 unspecified atom stereocenters. The van der Waals surface area contributed by atoms with Crippen LogP contribution in [0.25, 0.3) is 0 Å². The van der Waals surface area contributed by atoms with Gasteiger partial charge in [-0.3, -0.25) is 9.89 Å². The predicted molar refractivity (Wildman–Crippen MR) is 96.3 cm³/mol. The number of amides is 1. The summed E-state index contributed by atoms with van der Waals surface area (Å²) < 4.78 is 0. The minimum atomic E-state index is 0.0239. The zero-order valence-corrected chi connectivity index (χ0v) is 15.0. The van der Waals surface area contributed by atoms with Gasteiger partial charge in [0.25, 0.3) is 5.91 Å². The number of H-pyrrole nitrogens is 1. The van der Waals surface area contributed by atoms with Gasteiger partial charge in [0.05, 0.1) is 0 Å². The number of aromatic nitrogens is 2. The lowest BCUT2D eigenvalue weighted by Crippen LogP contribution is -2.37. The van der Waals surface area contributed by atoms with Gasteiger partial charge in [-0.2, -0.15) is 5.10 Å². The second kappa shape index (κ2) is 7.39. The number of likely N-dealkylation sites (tertiary alicyclic amines) is 1. The predicted octanol–water partition coefficient (Wildman–Crippen LogP) is 4.11. The number of carbonyl (C=O) groups is 1. The summed E-state index contributed by atoms with van der Waals surface area (Å²) in [5.74, 6) is 0.559. The molecule has 0 radical (unpaired) electrons. The van der Waals surface area contributed by atoms with E-state index in [1.165, 1.54) is 0 Å². The van der Waals surface area contributed by atoms with Crippen LogP contribution in [0.3, 0.4) is 0 Å². The molecule has 1 saturated heterocycles. The number of hydrogen-bond donors (Lipinski definition) is 1. The third-order valence-electron chi connectivity index (χ3n) is 4.53. The number of rotatable bonds is 5. The molecule has 1 aliphatic rings. The van der Waals surface area contributed by atoms with Crippen molar-refractivity contribution < 1.29 is 4.79 Å². The molecule has 1 atom stereocenters. The van der Waals surface area contributed by atoms with Crippen LogP contribution in [-0.2, 0) is 12.8 Å². The van der Waals surface area contributed by atoms with Crippen molar-refractivity contribution in [3.05, 3.63) is 52.3 Å². The molecule has 5 heteroatoms. The fourth-order valence-electron chi connectivity index (χ4n) is 3.40. The second-order valence-electron chi connectivity index (χ2n) is 6.97. The summed E-state index contributed by atoms with van der Waals surface area (Å²) in [6, 6.07) is 9.97. The number of nitrogens with one attached hydrogen (secondary N) is 1. The molecule has 0 bridgehead atoms. The molecule has 2 aromatic rings. The highest BCUT2D eigenvalue weighted by Gasteiger charge is 2.31. The van der Waals surface area contributed by atoms with Gasteiger partial charge in [0.2, 0.25) is 0 Å². The van der Waals surface area contributed by atoms with Crippen LogP contribution < -0.4 is 0 Å². The minimum absolute atomic E-state index is 0.0239. The molecule has 1 amide bonds. The van der Waals surface area contributed by atoms with E-state index in [1.54, 1.807) is 0 Å². The van der Waals surface area contributed by atoms with Crippen LogP contribution in [0, 0.1) is 5.92 Å². The Bertz CT molecular complexity index is 710. The van der Waals surface area contributed by atoms with Gasteiger partial charge >= 0.3 is 0 Å². The third-order valence-corrected chi connectivity index (χ3v) is 4.90. The molecule has 0 spiro atoms. The van der Waals surface area contributed by atoms with Crippen molar-refractivity contribution in [2.45, 2.75) is 45.6 Å². The SMILES string of the molecule is CC(C)Cc1cc(C(=O)N2CCCC2Cc2ccccc2Cl)n[nH]1. The van der Waals surface area contributed by atoms with Crippen molar-refractivity contribution in [2.75, 3.05) is 6.54 Å². The first-order valence-corrected chi connectivity index (χ1v) is 9.01. The van der Waals surface area contributed by atoms with E-state index in [0.29, 0.717) is 11.6 Å². The number of aromatic amines is 1. The van der Waals surface area contributed by atoms with Gasteiger partial charge < -0.3 is 4.90 Å². The summed E-state index contributed by atoms with van der Waals surface area (Å²) in [6.07, 6.45) is 3.75. The van der Waals surface area contributed by atoms with E-state index in [-0.39, 0.29) is 11.9 Å². The van der Waals surface area contributed by atoms with E-state index in [0.717, 1.165) is 48.5 Å². The maximum atomic E-state index is 12.8. The highest BCUT2D eigenvalue weighted by Crippen LogP contribution is 2.26. The normalized spacial score (nSPS) is 17.7. The Hall–Kier alpha value is -1.81. The molecule has 1 aliphatic heterocycles. The average Bonchev–Trinajstić information content (AvgIpc) is 3.18. The largest absolute Gasteiger partial charge is 0.334 e. The lowest BCUT2D eigenvalue weighted by atomic mass is 10.0. The van der Waals surface area contributed by atoms with Crippen LogP contribution in [0.15, 0.2) is 30.3 Å². The fourth-order valence-corrected chi connectivity index (χ4v) is 3.61. The molecular formula is C19H24ClN3O. The van der Waals surface area contributed by atoms with Crippen molar-refractivity contribution in [1.82, 2.24) is 15.1 Å². The average molecular weight is 346 g/mol. The highest BCUT2D eigenvalue weighted by molar-refractivity contribution is 6.31. The van der Waals surface area contributed by atoms with Gasteiger partial charge in [0.1, 0.15) is 5.69 Å². The first kappa shape index (κ1) is 17.0. The summed E-state index contributed by atoms with van der Waals surface area (Å²) in [5, 5.41) is 8.00. The van der Waals surface area contributed by atoms with Crippen LogP contribution in [0.4, 0.5) is 0 Å². The van der Waals surface area contributed by atoms with E-state index in [1.807, 2.05) is 35.2 Å². The molecule has 24 heavy (non-hydrogen) atoms. The van der Waals surface area contributed by atoms with Crippen molar-refractivity contribution in [3.63, 3.8) is 0 Å². The van der Waals surface area contributed by atoms with Crippen LogP contribution in [0.2, 0.25) is 5.02 Å². The van der Waals surface area contributed by atoms with Crippen molar-refractivity contribution in [3.8, 4) is 0 Å². The molecule has 128 valence electrons. The lowest BCUT2D eigenvalue weighted by molar-refractivity contribution is 0.0730. The van der Waals surface area contributed by atoms with Crippen LogP contribution in [0.1, 0.15) is 48.4 Å². The molecule has 1 aromatic carbocycles. The Balaban J connectivity index is 1.71. The topological polar surface area (TPSA) is 49.0 Å². The standard InChI is InChI=1S/C19H24ClN3O/c1-13(2)10-15-12-18(22-21-15)19(24)23-9-5-7-16(23)11-14-6-3-4-8-17(14)20/h3-4,6,8,12-13,16H,5,7,9-11H2,1-2H3,(H,21,22). The van der Waals surface area contributed by atoms with Crippen LogP contribution >= 0.6 is 11.6 Å². The quantitative estimate of drug-likeness (QED) is 0.886. The van der Waals surface area contributed by atoms with Crippen molar-refractivity contribution in [2.24, 2.45) is 5.92 Å². The Morgan fingerprint density at radius 1 is 1.42 bits per heavy atom. The van der Waals surface area contributed by atoms with Gasteiger partial charge in [-0.25, -0.2) is 0 Å². The molecular weight excluding hydrogens is 322 g/mol. The second-order valence-corrected chi connectivity index (χ2v) is 7.37. The molecule has 3 rings (SSSR count). The van der Waals surface area contributed by atoms with Gasteiger partial charge in [0, 0.05) is 23.3 Å². The summed E-state index contributed by atoms with van der Waals surface area (Å²) in [5.41, 5.74) is 2.65. The zero-order valence-electron chi connectivity index (χ0n) is 14.3. The lowest BCUT2D eigenvalue weighted by Gasteiger charge is -2.24. The number of halogens is 1. The van der Waals surface area contributed by atoms with E-state index in [9.17, 15) is 4.79 Å². The maximum absolute atomic E-state index is 12.8. The Kier molecular flexibility index (Phi) is 5.24.